The maximum absolute atomic E-state index is 11.6. The molecule has 0 radical (unpaired) electrons. The van der Waals surface area contributed by atoms with Crippen molar-refractivity contribution in [1.82, 2.24) is 5.32 Å². The van der Waals surface area contributed by atoms with E-state index in [4.69, 9.17) is 4.74 Å². The van der Waals surface area contributed by atoms with Crippen molar-refractivity contribution in [3.05, 3.63) is 65.2 Å². The van der Waals surface area contributed by atoms with Crippen LogP contribution in [-0.4, -0.2) is 34.1 Å². The number of benzene rings is 2. The van der Waals surface area contributed by atoms with Crippen LogP contribution in [0.15, 0.2) is 48.5 Å². The Morgan fingerprint density at radius 1 is 1.17 bits per heavy atom. The van der Waals surface area contributed by atoms with Crippen molar-refractivity contribution in [1.29, 1.82) is 0 Å². The highest BCUT2D eigenvalue weighted by Crippen LogP contribution is 2.23. The number of amides is 1. The van der Waals surface area contributed by atoms with E-state index in [1.807, 2.05) is 30.3 Å². The Kier molecular flexibility index (Phi) is 6.17. The third-order valence-corrected chi connectivity index (χ3v) is 3.46. The number of hydrogen-bond acceptors (Lipinski definition) is 5. The van der Waals surface area contributed by atoms with Gasteiger partial charge in [0, 0.05) is 6.54 Å². The van der Waals surface area contributed by atoms with Gasteiger partial charge in [-0.3, -0.25) is 0 Å². The van der Waals surface area contributed by atoms with Crippen LogP contribution in [0.2, 0.25) is 0 Å². The van der Waals surface area contributed by atoms with Crippen LogP contribution in [0.4, 0.5) is 4.79 Å². The summed E-state index contributed by atoms with van der Waals surface area (Å²) in [4.78, 5) is 11.6. The van der Waals surface area contributed by atoms with Crippen molar-refractivity contribution < 1.29 is 24.9 Å². The van der Waals surface area contributed by atoms with Crippen molar-refractivity contribution in [2.45, 2.75) is 25.7 Å². The van der Waals surface area contributed by atoms with Gasteiger partial charge in [-0.1, -0.05) is 36.4 Å². The van der Waals surface area contributed by atoms with Crippen molar-refractivity contribution in [3.8, 4) is 5.75 Å². The summed E-state index contributed by atoms with van der Waals surface area (Å²) in [5, 5.41) is 32.0. The van der Waals surface area contributed by atoms with Crippen LogP contribution in [0.1, 0.15) is 22.8 Å². The first-order chi connectivity index (χ1) is 11.5. The molecular formula is C18H21NO5. The highest BCUT2D eigenvalue weighted by atomic mass is 16.5. The first-order valence-corrected chi connectivity index (χ1v) is 7.57. The molecule has 2 aromatic rings. The molecule has 6 nitrogen and oxygen atoms in total. The van der Waals surface area contributed by atoms with E-state index in [0.29, 0.717) is 5.56 Å². The van der Waals surface area contributed by atoms with E-state index in [1.165, 1.54) is 6.07 Å². The minimum atomic E-state index is -1.23. The van der Waals surface area contributed by atoms with Crippen molar-refractivity contribution in [2.24, 2.45) is 0 Å². The normalized spacial score (nSPS) is 13.1. The number of ether oxygens (including phenoxy) is 1. The molecule has 6 heteroatoms. The molecule has 4 N–H and O–H groups in total. The van der Waals surface area contributed by atoms with Crippen LogP contribution in [-0.2, 0) is 11.3 Å². The third-order valence-electron chi connectivity index (χ3n) is 3.46. The summed E-state index contributed by atoms with van der Waals surface area (Å²) >= 11 is 0. The predicted octanol–water partition coefficient (Wildman–Crippen LogP) is 2.02. The molecule has 1 amide bonds. The molecule has 0 aliphatic carbocycles. The van der Waals surface area contributed by atoms with Crippen LogP contribution in [0.25, 0.3) is 0 Å². The number of aryl methyl sites for hydroxylation is 1. The number of phenolic OH excluding ortho intramolecular Hbond substituents is 1. The second-order valence-electron chi connectivity index (χ2n) is 5.56. The molecule has 0 aliphatic heterocycles. The van der Waals surface area contributed by atoms with Gasteiger partial charge in [-0.15, -0.1) is 0 Å². The molecule has 2 unspecified atom stereocenters. The van der Waals surface area contributed by atoms with E-state index < -0.39 is 18.3 Å². The number of rotatable bonds is 6. The van der Waals surface area contributed by atoms with E-state index in [9.17, 15) is 20.1 Å². The minimum absolute atomic E-state index is 0.00600. The summed E-state index contributed by atoms with van der Waals surface area (Å²) in [6.45, 7) is 1.71. The van der Waals surface area contributed by atoms with Crippen molar-refractivity contribution in [3.63, 3.8) is 0 Å². The Morgan fingerprint density at radius 2 is 1.88 bits per heavy atom. The van der Waals surface area contributed by atoms with Gasteiger partial charge in [0.1, 0.15) is 24.6 Å². The zero-order valence-corrected chi connectivity index (χ0v) is 13.3. The zero-order valence-electron chi connectivity index (χ0n) is 13.3. The van der Waals surface area contributed by atoms with Crippen LogP contribution < -0.4 is 5.32 Å². The maximum Gasteiger partial charge on any atom is 0.407 e. The molecule has 0 bridgehead atoms. The Bertz CT molecular complexity index is 654. The Hall–Kier alpha value is -2.57. The van der Waals surface area contributed by atoms with Gasteiger partial charge in [-0.05, 0) is 35.7 Å². The fourth-order valence-corrected chi connectivity index (χ4v) is 2.26. The summed E-state index contributed by atoms with van der Waals surface area (Å²) in [6.07, 6.45) is -3.14. The molecule has 128 valence electrons. The second kappa shape index (κ2) is 8.33. The Labute approximate surface area is 140 Å². The van der Waals surface area contributed by atoms with Gasteiger partial charge in [0.25, 0.3) is 0 Å². The Morgan fingerprint density at radius 3 is 2.54 bits per heavy atom. The molecule has 0 aliphatic rings. The lowest BCUT2D eigenvalue weighted by Crippen LogP contribution is -2.35. The van der Waals surface area contributed by atoms with E-state index in [1.54, 1.807) is 19.1 Å². The molecule has 0 fully saturated rings. The molecule has 2 aromatic carbocycles. The van der Waals surface area contributed by atoms with Crippen LogP contribution in [0.3, 0.4) is 0 Å². The molecule has 0 saturated heterocycles. The van der Waals surface area contributed by atoms with Crippen molar-refractivity contribution >= 4 is 6.09 Å². The monoisotopic (exact) mass is 331 g/mol. The van der Waals surface area contributed by atoms with E-state index >= 15 is 0 Å². The fourth-order valence-electron chi connectivity index (χ4n) is 2.26. The fraction of sp³-hybridized carbons (Fsp3) is 0.278. The smallest absolute Gasteiger partial charge is 0.407 e. The lowest BCUT2D eigenvalue weighted by Gasteiger charge is -2.19. The SMILES string of the molecule is Cc1cc(O)cc(C(O)C(O)CNC(=O)OCc2ccccc2)c1. The van der Waals surface area contributed by atoms with Gasteiger partial charge in [0.05, 0.1) is 0 Å². The average molecular weight is 331 g/mol. The van der Waals surface area contributed by atoms with Crippen LogP contribution in [0.5, 0.6) is 5.75 Å². The molecule has 0 heterocycles. The number of hydrogen-bond donors (Lipinski definition) is 4. The van der Waals surface area contributed by atoms with Crippen LogP contribution in [0, 0.1) is 6.92 Å². The summed E-state index contributed by atoms with van der Waals surface area (Å²) < 4.78 is 5.02. The summed E-state index contributed by atoms with van der Waals surface area (Å²) in [7, 11) is 0. The number of alkyl carbamates (subject to hydrolysis) is 1. The number of phenols is 1. The van der Waals surface area contributed by atoms with Gasteiger partial charge in [-0.25, -0.2) is 4.79 Å². The Balaban J connectivity index is 1.81. The first kappa shape index (κ1) is 17.8. The molecule has 24 heavy (non-hydrogen) atoms. The van der Waals surface area contributed by atoms with E-state index in [2.05, 4.69) is 5.32 Å². The number of nitrogens with one attached hydrogen (secondary N) is 1. The van der Waals surface area contributed by atoms with Gasteiger partial charge in [0.2, 0.25) is 0 Å². The van der Waals surface area contributed by atoms with E-state index in [-0.39, 0.29) is 18.9 Å². The number of carbonyl (C=O) groups excluding carboxylic acids is 1. The van der Waals surface area contributed by atoms with Gasteiger partial charge < -0.3 is 25.4 Å². The second-order valence-corrected chi connectivity index (χ2v) is 5.56. The highest BCUT2D eigenvalue weighted by Gasteiger charge is 2.20. The van der Waals surface area contributed by atoms with Crippen LogP contribution >= 0.6 is 0 Å². The largest absolute Gasteiger partial charge is 0.508 e. The highest BCUT2D eigenvalue weighted by molar-refractivity contribution is 5.67. The standard InChI is InChI=1S/C18H21NO5/c1-12-7-14(9-15(20)8-12)17(22)16(21)10-19-18(23)24-11-13-5-3-2-4-6-13/h2-9,16-17,20-22H,10-11H2,1H3,(H,19,23). The van der Waals surface area contributed by atoms with Gasteiger partial charge in [0.15, 0.2) is 0 Å². The predicted molar refractivity (Wildman–Crippen MR) is 88.4 cm³/mol. The lowest BCUT2D eigenvalue weighted by molar-refractivity contribution is 0.0183. The molecule has 0 saturated carbocycles. The summed E-state index contributed by atoms with van der Waals surface area (Å²) in [5.41, 5.74) is 1.98. The number of aromatic hydroxyl groups is 1. The first-order valence-electron chi connectivity index (χ1n) is 7.57. The van der Waals surface area contributed by atoms with Gasteiger partial charge >= 0.3 is 6.09 Å². The molecule has 2 rings (SSSR count). The average Bonchev–Trinajstić information content (AvgIpc) is 2.57. The maximum atomic E-state index is 11.6. The summed E-state index contributed by atoms with van der Waals surface area (Å²) in [6, 6.07) is 13.8. The van der Waals surface area contributed by atoms with Crippen molar-refractivity contribution in [2.75, 3.05) is 6.54 Å². The summed E-state index contributed by atoms with van der Waals surface area (Å²) in [5.74, 6) is 0.00600. The number of aliphatic hydroxyl groups excluding tert-OH is 2. The molecule has 2 atom stereocenters. The molecule has 0 aromatic heterocycles. The zero-order chi connectivity index (χ0) is 17.5. The third kappa shape index (κ3) is 5.26. The topological polar surface area (TPSA) is 99.0 Å². The number of aliphatic hydroxyl groups is 2. The lowest BCUT2D eigenvalue weighted by atomic mass is 10.0. The minimum Gasteiger partial charge on any atom is -0.508 e. The van der Waals surface area contributed by atoms with E-state index in [0.717, 1.165) is 11.1 Å². The molecular weight excluding hydrogens is 310 g/mol. The number of carbonyl (C=O) groups is 1. The van der Waals surface area contributed by atoms with Gasteiger partial charge in [-0.2, -0.15) is 0 Å². The quantitative estimate of drug-likeness (QED) is 0.649. The molecule has 0 spiro atoms.